The Morgan fingerprint density at radius 1 is 1.15 bits per heavy atom. The predicted octanol–water partition coefficient (Wildman–Crippen LogP) is 1.32. The molecular weight excluding hydrogens is 336 g/mol. The van der Waals surface area contributed by atoms with E-state index in [9.17, 15) is 24.3 Å². The molecule has 0 fully saturated rings. The van der Waals surface area contributed by atoms with Gasteiger partial charge in [0.05, 0.1) is 0 Å². The van der Waals surface area contributed by atoms with Crippen LogP contribution in [0.5, 0.6) is 0 Å². The Labute approximate surface area is 149 Å². The lowest BCUT2D eigenvalue weighted by Gasteiger charge is -2.17. The predicted molar refractivity (Wildman–Crippen MR) is 93.4 cm³/mol. The minimum absolute atomic E-state index is 0.0870. The summed E-state index contributed by atoms with van der Waals surface area (Å²) in [4.78, 5) is 50.7. The molecule has 1 heterocycles. The molecule has 3 rings (SSSR count). The van der Waals surface area contributed by atoms with Gasteiger partial charge in [0.25, 0.3) is 11.5 Å². The number of aromatic nitrogens is 1. The summed E-state index contributed by atoms with van der Waals surface area (Å²) in [6, 6.07) is 8.95. The number of ketones is 1. The van der Waals surface area contributed by atoms with Crippen LogP contribution in [-0.2, 0) is 17.6 Å². The Hall–Kier alpha value is -3.22. The SMILES string of the molecule is O=C1CCCc2[nH]c(=O)c(C(=O)N[C@@H](Cc3ccccc3)C(=O)O)cc21. The summed E-state index contributed by atoms with van der Waals surface area (Å²) in [5.74, 6) is -2.14. The van der Waals surface area contributed by atoms with E-state index in [1.165, 1.54) is 6.07 Å². The van der Waals surface area contributed by atoms with Gasteiger partial charge in [-0.25, -0.2) is 4.79 Å². The first-order chi connectivity index (χ1) is 12.5. The van der Waals surface area contributed by atoms with Crippen LogP contribution in [0.2, 0.25) is 0 Å². The second-order valence-electron chi connectivity index (χ2n) is 6.24. The van der Waals surface area contributed by atoms with Crippen LogP contribution in [-0.4, -0.2) is 33.8 Å². The highest BCUT2D eigenvalue weighted by Crippen LogP contribution is 2.18. The quantitative estimate of drug-likeness (QED) is 0.749. The Balaban J connectivity index is 1.84. The normalized spacial score (nSPS) is 14.4. The minimum Gasteiger partial charge on any atom is -0.480 e. The molecule has 1 amide bonds. The molecule has 0 unspecified atom stereocenters. The van der Waals surface area contributed by atoms with E-state index < -0.39 is 23.5 Å². The molecule has 0 bridgehead atoms. The number of amides is 1. The molecule has 3 N–H and O–H groups in total. The van der Waals surface area contributed by atoms with E-state index in [2.05, 4.69) is 10.3 Å². The van der Waals surface area contributed by atoms with E-state index in [4.69, 9.17) is 0 Å². The van der Waals surface area contributed by atoms with E-state index in [1.807, 2.05) is 6.07 Å². The molecule has 0 aliphatic heterocycles. The molecule has 0 spiro atoms. The standard InChI is InChI=1S/C19H18N2O5/c22-16-8-4-7-14-12(16)10-13(17(23)20-14)18(24)21-15(19(25)26)9-11-5-2-1-3-6-11/h1-3,5-6,10,15H,4,7-9H2,(H,20,23)(H,21,24)(H,25,26)/t15-/m0/s1. The van der Waals surface area contributed by atoms with E-state index in [1.54, 1.807) is 24.3 Å². The van der Waals surface area contributed by atoms with Crippen molar-refractivity contribution in [2.75, 3.05) is 0 Å². The number of aryl methyl sites for hydroxylation is 1. The van der Waals surface area contributed by atoms with Crippen LogP contribution in [0.25, 0.3) is 0 Å². The largest absolute Gasteiger partial charge is 0.480 e. The van der Waals surface area contributed by atoms with Crippen molar-refractivity contribution < 1.29 is 19.5 Å². The number of fused-ring (bicyclic) bond motifs is 1. The fourth-order valence-electron chi connectivity index (χ4n) is 3.03. The third kappa shape index (κ3) is 3.72. The highest BCUT2D eigenvalue weighted by Gasteiger charge is 2.25. The lowest BCUT2D eigenvalue weighted by atomic mass is 9.93. The Kier molecular flexibility index (Phi) is 4.97. The summed E-state index contributed by atoms with van der Waals surface area (Å²) in [6.45, 7) is 0. The molecule has 0 radical (unpaired) electrons. The van der Waals surface area contributed by atoms with Gasteiger partial charge in [0, 0.05) is 24.1 Å². The number of hydrogen-bond acceptors (Lipinski definition) is 4. The second-order valence-corrected chi connectivity index (χ2v) is 6.24. The van der Waals surface area contributed by atoms with Crippen molar-refractivity contribution >= 4 is 17.7 Å². The molecule has 0 saturated carbocycles. The zero-order valence-electron chi connectivity index (χ0n) is 14.0. The molecule has 7 heteroatoms. The topological polar surface area (TPSA) is 116 Å². The summed E-state index contributed by atoms with van der Waals surface area (Å²) in [7, 11) is 0. The van der Waals surface area contributed by atoms with Crippen LogP contribution in [0.4, 0.5) is 0 Å². The number of rotatable bonds is 5. The van der Waals surface area contributed by atoms with Crippen LogP contribution in [0.1, 0.15) is 44.8 Å². The lowest BCUT2D eigenvalue weighted by molar-refractivity contribution is -0.139. The number of aliphatic carboxylic acids is 1. The molecule has 7 nitrogen and oxygen atoms in total. The maximum Gasteiger partial charge on any atom is 0.326 e. The Bertz CT molecular complexity index is 917. The summed E-state index contributed by atoms with van der Waals surface area (Å²) in [5.41, 5.74) is 0.727. The highest BCUT2D eigenvalue weighted by atomic mass is 16.4. The van der Waals surface area contributed by atoms with Gasteiger partial charge in [-0.05, 0) is 24.5 Å². The number of carbonyl (C=O) groups is 3. The fraction of sp³-hybridized carbons (Fsp3) is 0.263. The Morgan fingerprint density at radius 3 is 2.58 bits per heavy atom. The van der Waals surface area contributed by atoms with Crippen LogP contribution in [0.3, 0.4) is 0 Å². The zero-order valence-corrected chi connectivity index (χ0v) is 14.0. The number of carboxylic acids is 1. The molecule has 1 aliphatic carbocycles. The summed E-state index contributed by atoms with van der Waals surface area (Å²) in [5, 5.41) is 11.8. The van der Waals surface area contributed by atoms with Crippen molar-refractivity contribution in [2.45, 2.75) is 31.7 Å². The van der Waals surface area contributed by atoms with E-state index in [0.29, 0.717) is 30.5 Å². The molecule has 134 valence electrons. The van der Waals surface area contributed by atoms with Gasteiger partial charge in [0.2, 0.25) is 0 Å². The van der Waals surface area contributed by atoms with Crippen molar-refractivity contribution in [3.8, 4) is 0 Å². The second kappa shape index (κ2) is 7.35. The highest BCUT2D eigenvalue weighted by molar-refractivity contribution is 6.02. The summed E-state index contributed by atoms with van der Waals surface area (Å²) >= 11 is 0. The molecule has 1 atom stereocenters. The van der Waals surface area contributed by atoms with Gasteiger partial charge in [0.1, 0.15) is 11.6 Å². The van der Waals surface area contributed by atoms with Crippen LogP contribution < -0.4 is 10.9 Å². The molecule has 2 aromatic rings. The Morgan fingerprint density at radius 2 is 1.88 bits per heavy atom. The average molecular weight is 354 g/mol. The molecule has 1 aromatic heterocycles. The number of aromatic amines is 1. The van der Waals surface area contributed by atoms with Crippen molar-refractivity contribution in [3.63, 3.8) is 0 Å². The van der Waals surface area contributed by atoms with E-state index >= 15 is 0 Å². The van der Waals surface area contributed by atoms with Gasteiger partial charge in [-0.3, -0.25) is 14.4 Å². The summed E-state index contributed by atoms with van der Waals surface area (Å²) in [6.07, 6.45) is 1.69. The minimum atomic E-state index is -1.20. The van der Waals surface area contributed by atoms with Crippen molar-refractivity contribution in [1.29, 1.82) is 0 Å². The number of pyridine rings is 1. The molecule has 1 aromatic carbocycles. The van der Waals surface area contributed by atoms with E-state index in [0.717, 1.165) is 5.56 Å². The maximum atomic E-state index is 12.5. The number of H-pyrrole nitrogens is 1. The van der Waals surface area contributed by atoms with Gasteiger partial charge in [-0.1, -0.05) is 30.3 Å². The number of Topliss-reactive ketones (excluding diaryl/α,β-unsaturated/α-hetero) is 1. The van der Waals surface area contributed by atoms with Crippen LogP contribution in [0.15, 0.2) is 41.2 Å². The van der Waals surface area contributed by atoms with Gasteiger partial charge >= 0.3 is 5.97 Å². The average Bonchev–Trinajstić information content (AvgIpc) is 2.61. The monoisotopic (exact) mass is 354 g/mol. The number of benzene rings is 1. The number of carboxylic acid groups (broad SMARTS) is 1. The molecule has 1 aliphatic rings. The van der Waals surface area contributed by atoms with Gasteiger partial charge in [-0.15, -0.1) is 0 Å². The third-order valence-corrected chi connectivity index (χ3v) is 4.38. The van der Waals surface area contributed by atoms with Crippen LogP contribution >= 0.6 is 0 Å². The van der Waals surface area contributed by atoms with Gasteiger partial charge in [0.15, 0.2) is 5.78 Å². The van der Waals surface area contributed by atoms with Crippen molar-refractivity contribution in [1.82, 2.24) is 10.3 Å². The van der Waals surface area contributed by atoms with Gasteiger partial charge in [-0.2, -0.15) is 0 Å². The molecule has 0 saturated heterocycles. The van der Waals surface area contributed by atoms with Gasteiger partial charge < -0.3 is 15.4 Å². The van der Waals surface area contributed by atoms with Crippen molar-refractivity contribution in [2.24, 2.45) is 0 Å². The lowest BCUT2D eigenvalue weighted by Crippen LogP contribution is -2.44. The maximum absolute atomic E-state index is 12.5. The first-order valence-electron chi connectivity index (χ1n) is 8.32. The zero-order chi connectivity index (χ0) is 18.7. The van der Waals surface area contributed by atoms with E-state index in [-0.39, 0.29) is 17.8 Å². The number of carbonyl (C=O) groups excluding carboxylic acids is 2. The third-order valence-electron chi connectivity index (χ3n) is 4.38. The first kappa shape index (κ1) is 17.6. The van der Waals surface area contributed by atoms with Crippen LogP contribution in [0, 0.1) is 0 Å². The summed E-state index contributed by atoms with van der Waals surface area (Å²) < 4.78 is 0. The first-order valence-corrected chi connectivity index (χ1v) is 8.32. The van der Waals surface area contributed by atoms with Crippen molar-refractivity contribution in [3.05, 3.63) is 69.1 Å². The fourth-order valence-corrected chi connectivity index (χ4v) is 3.03. The smallest absolute Gasteiger partial charge is 0.326 e. The number of hydrogen-bond donors (Lipinski definition) is 3. The number of nitrogens with one attached hydrogen (secondary N) is 2. The molecule has 26 heavy (non-hydrogen) atoms. The molecular formula is C19H18N2O5.